The van der Waals surface area contributed by atoms with E-state index in [0.717, 1.165) is 0 Å². The van der Waals surface area contributed by atoms with Crippen LogP contribution in [0.5, 0.6) is 0 Å². The first-order valence-corrected chi connectivity index (χ1v) is 24.7. The number of amides is 8. The zero-order valence-corrected chi connectivity index (χ0v) is 42.2. The van der Waals surface area contributed by atoms with Crippen LogP contribution in [0.2, 0.25) is 0 Å². The third-order valence-electron chi connectivity index (χ3n) is 11.8. The van der Waals surface area contributed by atoms with Gasteiger partial charge in [0.2, 0.25) is 47.3 Å². The summed E-state index contributed by atoms with van der Waals surface area (Å²) in [5.74, 6) is -7.81. The number of benzene rings is 2. The molecule has 0 aliphatic rings. The molecule has 0 saturated heterocycles. The van der Waals surface area contributed by atoms with E-state index < -0.39 is 115 Å². The highest BCUT2D eigenvalue weighted by molar-refractivity contribution is 5.97. The van der Waals surface area contributed by atoms with E-state index in [1.165, 1.54) is 6.92 Å². The molecular formula is C50H79N11O11. The smallest absolute Gasteiger partial charge is 0.326 e. The van der Waals surface area contributed by atoms with E-state index in [1.807, 2.05) is 6.92 Å². The van der Waals surface area contributed by atoms with Gasteiger partial charge >= 0.3 is 5.97 Å². The third-order valence-corrected chi connectivity index (χ3v) is 11.8. The number of aliphatic hydroxyl groups excluding tert-OH is 1. The molecule has 0 fully saturated rings. The zero-order valence-electron chi connectivity index (χ0n) is 42.2. The number of carbonyl (C=O) groups is 9. The van der Waals surface area contributed by atoms with Crippen molar-refractivity contribution in [3.63, 3.8) is 0 Å². The van der Waals surface area contributed by atoms with Crippen molar-refractivity contribution in [1.29, 1.82) is 0 Å². The summed E-state index contributed by atoms with van der Waals surface area (Å²) in [6.45, 7) is 7.67. The summed E-state index contributed by atoms with van der Waals surface area (Å²) in [4.78, 5) is 120. The van der Waals surface area contributed by atoms with E-state index in [1.54, 1.807) is 81.4 Å². The molecule has 0 radical (unpaired) electrons. The van der Waals surface area contributed by atoms with Gasteiger partial charge in [0.05, 0.1) is 19.2 Å². The number of carboxylic acid groups (broad SMARTS) is 1. The maximum Gasteiger partial charge on any atom is 0.326 e. The van der Waals surface area contributed by atoms with Gasteiger partial charge in [-0.15, -0.1) is 0 Å². The van der Waals surface area contributed by atoms with E-state index in [9.17, 15) is 53.4 Å². The van der Waals surface area contributed by atoms with Crippen LogP contribution < -0.4 is 59.7 Å². The van der Waals surface area contributed by atoms with Crippen LogP contribution >= 0.6 is 0 Å². The molecule has 0 aliphatic carbocycles. The molecule has 0 saturated carbocycles. The van der Waals surface area contributed by atoms with Crippen molar-refractivity contribution in [3.8, 4) is 0 Å². The minimum Gasteiger partial charge on any atom is -0.480 e. The van der Waals surface area contributed by atoms with Crippen LogP contribution in [-0.2, 0) is 56.0 Å². The fourth-order valence-electron chi connectivity index (χ4n) is 7.39. The number of nitrogens with two attached hydrogens (primary N) is 3. The Labute approximate surface area is 422 Å². The molecule has 22 heteroatoms. The van der Waals surface area contributed by atoms with Crippen molar-refractivity contribution in [1.82, 2.24) is 42.5 Å². The molecule has 72 heavy (non-hydrogen) atoms. The van der Waals surface area contributed by atoms with Gasteiger partial charge in [-0.3, -0.25) is 38.4 Å². The maximum absolute atomic E-state index is 13.8. The quantitative estimate of drug-likeness (QED) is 0.0365. The number of unbranched alkanes of at least 4 members (excludes halogenated alkanes) is 2. The predicted molar refractivity (Wildman–Crippen MR) is 270 cm³/mol. The van der Waals surface area contributed by atoms with Crippen molar-refractivity contribution >= 4 is 53.2 Å². The standard InChI is InChI=1S/C50H79N11O11/c1-6-31(4)42(61-44(65)35(53)21-13-15-23-51)49(70)59-37(26-33-17-9-7-10-18-33)45(66)54-28-41(63)56-40(29-62)48(69)57-36(22-14-16-24-52)46(67)55-32(5)43(64)58-38(27-34-19-11-8-12-20-34)47(68)60-39(50(71)72)25-30(2)3/h7-12,17-20,30-32,35-40,42,62H,6,13-16,21-29,51-53H2,1-5H3,(H,54,66)(H,55,67)(H,56,63)(H,57,69)(H,58,64)(H,59,70)(H,60,68)(H,61,65)(H,71,72)/t31-,32-,35-,36-,37-,38-,39-,40-,42-/m0/s1. The minimum absolute atomic E-state index is 0.0000713. The predicted octanol–water partition coefficient (Wildman–Crippen LogP) is -1.24. The molecule has 0 aliphatic heterocycles. The second-order valence-electron chi connectivity index (χ2n) is 18.4. The molecule has 0 spiro atoms. The van der Waals surface area contributed by atoms with Crippen molar-refractivity contribution in [2.24, 2.45) is 29.0 Å². The van der Waals surface area contributed by atoms with Gasteiger partial charge in [-0.05, 0) is 81.5 Å². The Morgan fingerprint density at radius 3 is 1.54 bits per heavy atom. The lowest BCUT2D eigenvalue weighted by molar-refractivity contribution is -0.142. The van der Waals surface area contributed by atoms with Crippen LogP contribution in [0.15, 0.2) is 60.7 Å². The summed E-state index contributed by atoms with van der Waals surface area (Å²) in [5.41, 5.74) is 18.7. The van der Waals surface area contributed by atoms with E-state index in [-0.39, 0.29) is 44.1 Å². The normalized spacial score (nSPS) is 14.9. The first-order valence-electron chi connectivity index (χ1n) is 24.7. The molecule has 0 unspecified atom stereocenters. The summed E-state index contributed by atoms with van der Waals surface area (Å²) in [6, 6.07) is 7.70. The summed E-state index contributed by atoms with van der Waals surface area (Å²) in [6.07, 6.45) is 3.16. The van der Waals surface area contributed by atoms with Gasteiger partial charge < -0.3 is 69.9 Å². The number of carbonyl (C=O) groups excluding carboxylic acids is 8. The number of aliphatic carboxylic acids is 1. The highest BCUT2D eigenvalue weighted by Crippen LogP contribution is 2.13. The fraction of sp³-hybridized carbons (Fsp3) is 0.580. The zero-order chi connectivity index (χ0) is 53.8. The molecule has 22 nitrogen and oxygen atoms in total. The Kier molecular flexibility index (Phi) is 28.4. The fourth-order valence-corrected chi connectivity index (χ4v) is 7.39. The van der Waals surface area contributed by atoms with E-state index in [2.05, 4.69) is 42.5 Å². The van der Waals surface area contributed by atoms with Gasteiger partial charge in [0, 0.05) is 12.8 Å². The van der Waals surface area contributed by atoms with Gasteiger partial charge in [0.1, 0.15) is 42.3 Å². The summed E-state index contributed by atoms with van der Waals surface area (Å²) < 4.78 is 0. The molecule has 0 bridgehead atoms. The number of hydrogen-bond donors (Lipinski definition) is 13. The van der Waals surface area contributed by atoms with Gasteiger partial charge in [0.25, 0.3) is 0 Å². The van der Waals surface area contributed by atoms with Crippen molar-refractivity contribution in [3.05, 3.63) is 71.8 Å². The van der Waals surface area contributed by atoms with Gasteiger partial charge in [-0.1, -0.05) is 101 Å². The molecule has 0 heterocycles. The highest BCUT2D eigenvalue weighted by Gasteiger charge is 2.34. The number of rotatable bonds is 34. The highest BCUT2D eigenvalue weighted by atomic mass is 16.4. The second-order valence-corrected chi connectivity index (χ2v) is 18.4. The topological polar surface area (TPSA) is 368 Å². The van der Waals surface area contributed by atoms with Gasteiger partial charge in [-0.2, -0.15) is 0 Å². The van der Waals surface area contributed by atoms with Crippen LogP contribution in [-0.4, -0.2) is 138 Å². The summed E-state index contributed by atoms with van der Waals surface area (Å²) >= 11 is 0. The lowest BCUT2D eigenvalue weighted by Gasteiger charge is -2.27. The van der Waals surface area contributed by atoms with Crippen LogP contribution in [0.4, 0.5) is 0 Å². The van der Waals surface area contributed by atoms with Gasteiger partial charge in [0.15, 0.2) is 0 Å². The summed E-state index contributed by atoms with van der Waals surface area (Å²) in [7, 11) is 0. The first kappa shape index (κ1) is 61.6. The maximum atomic E-state index is 13.8. The van der Waals surface area contributed by atoms with Crippen LogP contribution in [0.25, 0.3) is 0 Å². The van der Waals surface area contributed by atoms with Gasteiger partial charge in [-0.25, -0.2) is 4.79 Å². The van der Waals surface area contributed by atoms with Crippen LogP contribution in [0.3, 0.4) is 0 Å². The average molecular weight is 1010 g/mol. The Hall–Kier alpha value is -6.49. The van der Waals surface area contributed by atoms with E-state index in [4.69, 9.17) is 17.2 Å². The SMILES string of the molecule is CC[C@H](C)[C@H](NC(=O)[C@@H](N)CCCCN)C(=O)N[C@@H](Cc1ccccc1)C(=O)NCC(=O)N[C@@H](CO)C(=O)N[C@@H](CCCCN)C(=O)N[C@@H](C)C(=O)N[C@@H](Cc1ccccc1)C(=O)N[C@@H](CC(C)C)C(=O)O. The Balaban J connectivity index is 2.18. The number of aliphatic hydroxyl groups is 1. The molecule has 0 aromatic heterocycles. The van der Waals surface area contributed by atoms with Crippen molar-refractivity contribution in [2.75, 3.05) is 26.2 Å². The van der Waals surface area contributed by atoms with E-state index in [0.29, 0.717) is 56.2 Å². The Bertz CT molecular complexity index is 2050. The lowest BCUT2D eigenvalue weighted by Crippen LogP contribution is -2.59. The first-order chi connectivity index (χ1) is 34.2. The average Bonchev–Trinajstić information content (AvgIpc) is 3.35. The van der Waals surface area contributed by atoms with Crippen molar-refractivity contribution in [2.45, 2.75) is 147 Å². The number of carboxylic acids is 1. The Morgan fingerprint density at radius 1 is 0.542 bits per heavy atom. The number of nitrogens with one attached hydrogen (secondary N) is 8. The van der Waals surface area contributed by atoms with Crippen molar-refractivity contribution < 1.29 is 53.4 Å². The number of hydrogen-bond acceptors (Lipinski definition) is 13. The Morgan fingerprint density at radius 2 is 1.03 bits per heavy atom. The lowest BCUT2D eigenvalue weighted by atomic mass is 9.96. The second kappa shape index (κ2) is 33.2. The third kappa shape index (κ3) is 22.7. The molecule has 2 rings (SSSR count). The monoisotopic (exact) mass is 1010 g/mol. The van der Waals surface area contributed by atoms with Crippen LogP contribution in [0.1, 0.15) is 97.1 Å². The molecule has 8 amide bonds. The molecule has 16 N–H and O–H groups in total. The van der Waals surface area contributed by atoms with E-state index >= 15 is 0 Å². The largest absolute Gasteiger partial charge is 0.480 e. The molecule has 400 valence electrons. The molecular weight excluding hydrogens is 931 g/mol. The van der Waals surface area contributed by atoms with Crippen LogP contribution in [0, 0.1) is 11.8 Å². The molecule has 2 aromatic rings. The summed E-state index contributed by atoms with van der Waals surface area (Å²) in [5, 5.41) is 40.4. The minimum atomic E-state index is -1.61. The molecule has 9 atom stereocenters. The molecule has 2 aromatic carbocycles.